The molecular weight excluding hydrogens is 208 g/mol. The van der Waals surface area contributed by atoms with Gasteiger partial charge in [-0.2, -0.15) is 0 Å². The molecule has 94 valence electrons. The van der Waals surface area contributed by atoms with Crippen molar-refractivity contribution in [2.24, 2.45) is 0 Å². The Labute approximate surface area is 106 Å². The monoisotopic (exact) mass is 232 g/mol. The Morgan fingerprint density at radius 3 is 2.47 bits per heavy atom. The normalized spacial score (nSPS) is 15.8. The molecule has 1 rings (SSSR count). The van der Waals surface area contributed by atoms with E-state index in [9.17, 15) is 0 Å². The quantitative estimate of drug-likeness (QED) is 0.472. The molecule has 0 unspecified atom stereocenters. The lowest BCUT2D eigenvalue weighted by molar-refractivity contribution is 0.332. The molecule has 0 saturated heterocycles. The van der Waals surface area contributed by atoms with Crippen LogP contribution in [-0.4, -0.2) is 0 Å². The minimum atomic E-state index is 0.869. The van der Waals surface area contributed by atoms with E-state index in [1.54, 1.807) is 0 Å². The fraction of sp³-hybridized carbons (Fsp3) is 0.375. The van der Waals surface area contributed by atoms with E-state index >= 15 is 0 Å². The van der Waals surface area contributed by atoms with E-state index in [0.29, 0.717) is 0 Å². The molecule has 0 aliphatic heterocycles. The number of allylic oxidation sites excluding steroid dienone is 8. The number of ether oxygens (including phenoxy) is 1. The van der Waals surface area contributed by atoms with Gasteiger partial charge >= 0.3 is 0 Å². The van der Waals surface area contributed by atoms with Gasteiger partial charge in [-0.1, -0.05) is 38.2 Å². The molecule has 1 heteroatoms. The highest BCUT2D eigenvalue weighted by Gasteiger charge is 1.99. The van der Waals surface area contributed by atoms with Gasteiger partial charge in [-0.25, -0.2) is 0 Å². The molecule has 0 heterocycles. The Hall–Kier alpha value is -1.50. The van der Waals surface area contributed by atoms with Gasteiger partial charge in [0.05, 0.1) is 0 Å². The maximum Gasteiger partial charge on any atom is 0.127 e. The van der Waals surface area contributed by atoms with Crippen LogP contribution in [0.2, 0.25) is 0 Å². The summed E-state index contributed by atoms with van der Waals surface area (Å²) in [6, 6.07) is 0. The Kier molecular flexibility index (Phi) is 10.0. The zero-order valence-corrected chi connectivity index (χ0v) is 11.4. The van der Waals surface area contributed by atoms with Crippen LogP contribution in [0.4, 0.5) is 0 Å². The summed E-state index contributed by atoms with van der Waals surface area (Å²) in [5.41, 5.74) is 0. The van der Waals surface area contributed by atoms with Crippen LogP contribution in [-0.2, 0) is 4.74 Å². The number of hydrogen-bond acceptors (Lipinski definition) is 1. The van der Waals surface area contributed by atoms with Gasteiger partial charge < -0.3 is 4.74 Å². The predicted octanol–water partition coefficient (Wildman–Crippen LogP) is 5.30. The van der Waals surface area contributed by atoms with Gasteiger partial charge in [0, 0.05) is 0 Å². The minimum Gasteiger partial charge on any atom is -0.458 e. The van der Waals surface area contributed by atoms with Crippen molar-refractivity contribution in [3.63, 3.8) is 0 Å². The van der Waals surface area contributed by atoms with Crippen molar-refractivity contribution in [3.05, 3.63) is 60.1 Å². The Morgan fingerprint density at radius 1 is 1.18 bits per heavy atom. The molecule has 17 heavy (non-hydrogen) atoms. The number of hydrogen-bond donors (Lipinski definition) is 0. The SMILES string of the molecule is CC.C\C=C/C=C(\C=C/C)OC1=CCCC=C1. The summed E-state index contributed by atoms with van der Waals surface area (Å²) >= 11 is 0. The zero-order valence-electron chi connectivity index (χ0n) is 11.4. The Balaban J connectivity index is 0.00000121. The second-order valence-electron chi connectivity index (χ2n) is 3.28. The van der Waals surface area contributed by atoms with Gasteiger partial charge in [0.2, 0.25) is 0 Å². The van der Waals surface area contributed by atoms with Gasteiger partial charge in [-0.15, -0.1) is 0 Å². The molecule has 0 saturated carbocycles. The van der Waals surface area contributed by atoms with Crippen molar-refractivity contribution < 1.29 is 4.74 Å². The van der Waals surface area contributed by atoms with Crippen molar-refractivity contribution in [2.75, 3.05) is 0 Å². The van der Waals surface area contributed by atoms with E-state index in [-0.39, 0.29) is 0 Å². The lowest BCUT2D eigenvalue weighted by Crippen LogP contribution is -1.91. The predicted molar refractivity (Wildman–Crippen MR) is 76.6 cm³/mol. The van der Waals surface area contributed by atoms with E-state index in [1.165, 1.54) is 0 Å². The average Bonchev–Trinajstić information content (AvgIpc) is 2.40. The van der Waals surface area contributed by atoms with Crippen LogP contribution in [0, 0.1) is 0 Å². The first-order valence-corrected chi connectivity index (χ1v) is 6.37. The van der Waals surface area contributed by atoms with Crippen molar-refractivity contribution in [3.8, 4) is 0 Å². The molecule has 0 amide bonds. The highest BCUT2D eigenvalue weighted by atomic mass is 16.5. The summed E-state index contributed by atoms with van der Waals surface area (Å²) in [7, 11) is 0. The lowest BCUT2D eigenvalue weighted by atomic mass is 10.2. The molecule has 0 bridgehead atoms. The maximum atomic E-state index is 5.73. The summed E-state index contributed by atoms with van der Waals surface area (Å²) < 4.78 is 5.73. The van der Waals surface area contributed by atoms with Crippen molar-refractivity contribution >= 4 is 0 Å². The van der Waals surface area contributed by atoms with Crippen LogP contribution < -0.4 is 0 Å². The van der Waals surface area contributed by atoms with Crippen LogP contribution in [0.15, 0.2) is 60.1 Å². The lowest BCUT2D eigenvalue weighted by Gasteiger charge is -2.09. The van der Waals surface area contributed by atoms with Crippen LogP contribution >= 0.6 is 0 Å². The van der Waals surface area contributed by atoms with E-state index in [0.717, 1.165) is 24.4 Å². The van der Waals surface area contributed by atoms with Crippen LogP contribution in [0.5, 0.6) is 0 Å². The van der Waals surface area contributed by atoms with Gasteiger partial charge in [0.15, 0.2) is 0 Å². The largest absolute Gasteiger partial charge is 0.458 e. The molecule has 0 N–H and O–H groups in total. The Morgan fingerprint density at radius 2 is 1.94 bits per heavy atom. The first-order chi connectivity index (χ1) is 8.36. The van der Waals surface area contributed by atoms with E-state index in [1.807, 2.05) is 64.2 Å². The topological polar surface area (TPSA) is 9.23 Å². The molecule has 0 aromatic heterocycles. The highest BCUT2D eigenvalue weighted by Crippen LogP contribution is 2.15. The molecule has 0 atom stereocenters. The van der Waals surface area contributed by atoms with Crippen LogP contribution in [0.1, 0.15) is 40.5 Å². The summed E-state index contributed by atoms with van der Waals surface area (Å²) in [5, 5.41) is 0. The second-order valence-corrected chi connectivity index (χ2v) is 3.28. The summed E-state index contributed by atoms with van der Waals surface area (Å²) in [6.07, 6.45) is 18.3. The third-order valence-electron chi connectivity index (χ3n) is 1.98. The van der Waals surface area contributed by atoms with Crippen molar-refractivity contribution in [1.29, 1.82) is 0 Å². The van der Waals surface area contributed by atoms with Gasteiger partial charge in [-0.3, -0.25) is 0 Å². The van der Waals surface area contributed by atoms with Gasteiger partial charge in [0.25, 0.3) is 0 Å². The molecule has 0 radical (unpaired) electrons. The number of rotatable bonds is 4. The van der Waals surface area contributed by atoms with Gasteiger partial charge in [-0.05, 0) is 51.0 Å². The van der Waals surface area contributed by atoms with Crippen molar-refractivity contribution in [1.82, 2.24) is 0 Å². The molecule has 0 aromatic rings. The third kappa shape index (κ3) is 7.40. The fourth-order valence-corrected chi connectivity index (χ4v) is 1.28. The smallest absolute Gasteiger partial charge is 0.127 e. The fourth-order valence-electron chi connectivity index (χ4n) is 1.28. The van der Waals surface area contributed by atoms with Crippen molar-refractivity contribution in [2.45, 2.75) is 40.5 Å². The molecule has 1 aliphatic rings. The van der Waals surface area contributed by atoms with Gasteiger partial charge in [0.1, 0.15) is 11.5 Å². The molecular formula is C16H24O. The third-order valence-corrected chi connectivity index (χ3v) is 1.98. The molecule has 0 spiro atoms. The Bertz CT molecular complexity index is 327. The maximum absolute atomic E-state index is 5.73. The minimum absolute atomic E-state index is 0.869. The zero-order chi connectivity index (χ0) is 12.9. The molecule has 1 aliphatic carbocycles. The first-order valence-electron chi connectivity index (χ1n) is 6.37. The average molecular weight is 232 g/mol. The summed E-state index contributed by atoms with van der Waals surface area (Å²) in [4.78, 5) is 0. The molecule has 0 aromatic carbocycles. The summed E-state index contributed by atoms with van der Waals surface area (Å²) in [6.45, 7) is 7.97. The first kappa shape index (κ1) is 15.5. The molecule has 1 nitrogen and oxygen atoms in total. The van der Waals surface area contributed by atoms with E-state index in [2.05, 4.69) is 12.2 Å². The second kappa shape index (κ2) is 11.0. The van der Waals surface area contributed by atoms with E-state index < -0.39 is 0 Å². The van der Waals surface area contributed by atoms with Crippen LogP contribution in [0.3, 0.4) is 0 Å². The van der Waals surface area contributed by atoms with E-state index in [4.69, 9.17) is 4.74 Å². The van der Waals surface area contributed by atoms with Crippen LogP contribution in [0.25, 0.3) is 0 Å². The summed E-state index contributed by atoms with van der Waals surface area (Å²) in [5.74, 6) is 1.81. The highest BCUT2D eigenvalue weighted by molar-refractivity contribution is 5.24. The standard InChI is InChI=1S/C14H18O.C2H6/c1-3-5-10-13(9-4-2)15-14-11-7-6-8-12-14;1-2/h3-5,7,9-12H,6,8H2,1-2H3;1-2H3/b5-3-,9-4-,13-10+;. The molecule has 0 fully saturated rings.